The maximum Gasteiger partial charge on any atom is 0.401 e. The van der Waals surface area contributed by atoms with Crippen molar-refractivity contribution in [3.8, 4) is 11.4 Å². The third-order valence-corrected chi connectivity index (χ3v) is 4.54. The Hall–Kier alpha value is -1.76. The zero-order valence-corrected chi connectivity index (χ0v) is 14.0. The van der Waals surface area contributed by atoms with E-state index in [1.807, 2.05) is 23.0 Å². The Balaban J connectivity index is 1.75. The number of H-pyrrole nitrogens is 1. The summed E-state index contributed by atoms with van der Waals surface area (Å²) in [5, 5.41) is 4.70. The van der Waals surface area contributed by atoms with Gasteiger partial charge in [-0.1, -0.05) is 0 Å². The molecule has 0 aromatic carbocycles. The molecule has 0 amide bonds. The van der Waals surface area contributed by atoms with Gasteiger partial charge in [-0.3, -0.25) is 9.58 Å². The summed E-state index contributed by atoms with van der Waals surface area (Å²) in [5.41, 5.74) is 2.98. The molecule has 7 heteroatoms. The number of hydrogen-bond acceptors (Lipinski definition) is 2. The Morgan fingerprint density at radius 1 is 1.29 bits per heavy atom. The first-order chi connectivity index (χ1) is 11.3. The largest absolute Gasteiger partial charge is 0.401 e. The Morgan fingerprint density at radius 3 is 2.54 bits per heavy atom. The van der Waals surface area contributed by atoms with E-state index < -0.39 is 12.7 Å². The molecule has 0 atom stereocenters. The summed E-state index contributed by atoms with van der Waals surface area (Å²) in [6.45, 7) is 4.30. The minimum absolute atomic E-state index is 0.219. The summed E-state index contributed by atoms with van der Waals surface area (Å²) in [4.78, 5) is 4.66. The summed E-state index contributed by atoms with van der Waals surface area (Å²) < 4.78 is 39.6. The number of aromatic amines is 1. The zero-order valence-electron chi connectivity index (χ0n) is 14.0. The van der Waals surface area contributed by atoms with Crippen LogP contribution in [0.1, 0.15) is 44.3 Å². The lowest BCUT2D eigenvalue weighted by Crippen LogP contribution is -2.39. The Kier molecular flexibility index (Phi) is 4.71. The van der Waals surface area contributed by atoms with Crippen LogP contribution in [0.15, 0.2) is 24.4 Å². The van der Waals surface area contributed by atoms with Gasteiger partial charge in [0.2, 0.25) is 0 Å². The van der Waals surface area contributed by atoms with E-state index in [2.05, 4.69) is 24.9 Å². The molecule has 24 heavy (non-hydrogen) atoms. The quantitative estimate of drug-likeness (QED) is 0.906. The van der Waals surface area contributed by atoms with Crippen LogP contribution in [-0.4, -0.2) is 45.5 Å². The van der Waals surface area contributed by atoms with E-state index in [1.54, 1.807) is 0 Å². The van der Waals surface area contributed by atoms with Gasteiger partial charge in [-0.15, -0.1) is 0 Å². The highest BCUT2D eigenvalue weighted by molar-refractivity contribution is 5.54. The molecule has 1 saturated heterocycles. The van der Waals surface area contributed by atoms with Crippen LogP contribution in [0.3, 0.4) is 0 Å². The molecular weight excluding hydrogens is 317 g/mol. The van der Waals surface area contributed by atoms with E-state index in [0.717, 1.165) is 29.9 Å². The fraction of sp³-hybridized carbons (Fsp3) is 0.588. The average Bonchev–Trinajstić information content (AvgIpc) is 3.15. The van der Waals surface area contributed by atoms with E-state index in [1.165, 1.54) is 4.90 Å². The molecule has 2 aromatic heterocycles. The Morgan fingerprint density at radius 2 is 2.00 bits per heavy atom. The lowest BCUT2D eigenvalue weighted by atomic mass is 9.92. The molecule has 1 N–H and O–H groups in total. The molecule has 2 aromatic rings. The smallest absolute Gasteiger partial charge is 0.360 e. The van der Waals surface area contributed by atoms with Crippen molar-refractivity contribution >= 4 is 0 Å². The van der Waals surface area contributed by atoms with Crippen molar-refractivity contribution in [3.63, 3.8) is 0 Å². The average molecular weight is 340 g/mol. The van der Waals surface area contributed by atoms with E-state index in [0.29, 0.717) is 13.1 Å². The molecule has 0 radical (unpaired) electrons. The van der Waals surface area contributed by atoms with Crippen LogP contribution in [0, 0.1) is 0 Å². The van der Waals surface area contributed by atoms with E-state index >= 15 is 0 Å². The molecule has 0 aliphatic carbocycles. The van der Waals surface area contributed by atoms with Crippen molar-refractivity contribution in [2.75, 3.05) is 19.6 Å². The second kappa shape index (κ2) is 6.63. The lowest BCUT2D eigenvalue weighted by Gasteiger charge is -2.32. The summed E-state index contributed by atoms with van der Waals surface area (Å²) >= 11 is 0. The fourth-order valence-electron chi connectivity index (χ4n) is 3.39. The molecule has 1 aliphatic rings. The second-order valence-corrected chi connectivity index (χ2v) is 6.74. The number of aromatic nitrogens is 3. The van der Waals surface area contributed by atoms with Crippen molar-refractivity contribution in [2.24, 2.45) is 0 Å². The minimum atomic E-state index is -4.12. The van der Waals surface area contributed by atoms with Crippen LogP contribution in [0.25, 0.3) is 11.4 Å². The molecule has 132 valence electrons. The van der Waals surface area contributed by atoms with Crippen molar-refractivity contribution in [1.82, 2.24) is 19.7 Å². The standard InChI is InChI=1S/C17H23F3N4/c1-12(2)24-16(10-15(22-24)14-4-3-7-21-14)13-5-8-23(9-6-13)11-17(18,19)20/h3-4,7,10,12-13,21H,5-6,8-9,11H2,1-2H3. The molecular formula is C17H23F3N4. The molecule has 0 bridgehead atoms. The van der Waals surface area contributed by atoms with Gasteiger partial charge in [-0.25, -0.2) is 0 Å². The molecule has 0 saturated carbocycles. The topological polar surface area (TPSA) is 36.9 Å². The first-order valence-corrected chi connectivity index (χ1v) is 8.36. The van der Waals surface area contributed by atoms with Gasteiger partial charge < -0.3 is 4.98 Å². The van der Waals surface area contributed by atoms with Gasteiger partial charge in [0.1, 0.15) is 5.69 Å². The fourth-order valence-corrected chi connectivity index (χ4v) is 3.39. The van der Waals surface area contributed by atoms with Crippen LogP contribution in [0.5, 0.6) is 0 Å². The van der Waals surface area contributed by atoms with Crippen molar-refractivity contribution in [2.45, 2.75) is 44.8 Å². The second-order valence-electron chi connectivity index (χ2n) is 6.74. The number of rotatable bonds is 4. The van der Waals surface area contributed by atoms with Crippen LogP contribution < -0.4 is 0 Å². The van der Waals surface area contributed by atoms with Gasteiger partial charge in [-0.05, 0) is 58.0 Å². The van der Waals surface area contributed by atoms with Crippen molar-refractivity contribution in [1.29, 1.82) is 0 Å². The predicted molar refractivity (Wildman–Crippen MR) is 86.9 cm³/mol. The summed E-state index contributed by atoms with van der Waals surface area (Å²) in [6.07, 6.45) is -0.788. The third-order valence-electron chi connectivity index (χ3n) is 4.54. The third kappa shape index (κ3) is 3.83. The number of nitrogens with one attached hydrogen (secondary N) is 1. The van der Waals surface area contributed by atoms with Crippen LogP contribution in [0.4, 0.5) is 13.2 Å². The van der Waals surface area contributed by atoms with Gasteiger partial charge in [0, 0.05) is 23.9 Å². The zero-order chi connectivity index (χ0) is 17.3. The Labute approximate surface area is 139 Å². The summed E-state index contributed by atoms with van der Waals surface area (Å²) in [6, 6.07) is 6.20. The van der Waals surface area contributed by atoms with E-state index in [9.17, 15) is 13.2 Å². The van der Waals surface area contributed by atoms with Gasteiger partial charge in [0.25, 0.3) is 0 Å². The van der Waals surface area contributed by atoms with Crippen molar-refractivity contribution in [3.05, 3.63) is 30.1 Å². The van der Waals surface area contributed by atoms with Gasteiger partial charge in [-0.2, -0.15) is 18.3 Å². The highest BCUT2D eigenvalue weighted by Crippen LogP contribution is 2.33. The SMILES string of the molecule is CC(C)n1nc(-c2ccc[nH]2)cc1C1CCN(CC(F)(F)F)CC1. The first kappa shape index (κ1) is 17.1. The molecule has 1 fully saturated rings. The molecule has 0 spiro atoms. The molecule has 0 unspecified atom stereocenters. The summed E-state index contributed by atoms with van der Waals surface area (Å²) in [7, 11) is 0. The first-order valence-electron chi connectivity index (χ1n) is 8.36. The van der Waals surface area contributed by atoms with Gasteiger partial charge in [0.15, 0.2) is 0 Å². The molecule has 1 aliphatic heterocycles. The Bertz CT molecular complexity index is 650. The maximum atomic E-state index is 12.5. The van der Waals surface area contributed by atoms with Crippen LogP contribution in [-0.2, 0) is 0 Å². The van der Waals surface area contributed by atoms with E-state index in [-0.39, 0.29) is 12.0 Å². The number of nitrogens with zero attached hydrogens (tertiary/aromatic N) is 3. The number of halogens is 3. The monoisotopic (exact) mass is 340 g/mol. The minimum Gasteiger partial charge on any atom is -0.360 e. The van der Waals surface area contributed by atoms with Crippen LogP contribution >= 0.6 is 0 Å². The van der Waals surface area contributed by atoms with E-state index in [4.69, 9.17) is 5.10 Å². The molecule has 3 heterocycles. The van der Waals surface area contributed by atoms with Gasteiger partial charge in [0.05, 0.1) is 12.2 Å². The number of alkyl halides is 3. The normalized spacial score (nSPS) is 17.8. The number of piperidine rings is 1. The number of likely N-dealkylation sites (tertiary alicyclic amines) is 1. The van der Waals surface area contributed by atoms with Crippen LogP contribution in [0.2, 0.25) is 0 Å². The maximum absolute atomic E-state index is 12.5. The molecule has 3 rings (SSSR count). The van der Waals surface area contributed by atoms with Crippen molar-refractivity contribution < 1.29 is 13.2 Å². The predicted octanol–water partition coefficient (Wildman–Crippen LogP) is 4.20. The lowest BCUT2D eigenvalue weighted by molar-refractivity contribution is -0.148. The van der Waals surface area contributed by atoms with Gasteiger partial charge >= 0.3 is 6.18 Å². The highest BCUT2D eigenvalue weighted by Gasteiger charge is 2.33. The molecule has 4 nitrogen and oxygen atoms in total. The highest BCUT2D eigenvalue weighted by atomic mass is 19.4. The summed E-state index contributed by atoms with van der Waals surface area (Å²) in [5.74, 6) is 0.257. The number of hydrogen-bond donors (Lipinski definition) is 1.